The van der Waals surface area contributed by atoms with E-state index in [1.165, 1.54) is 4.68 Å². The molecule has 0 aliphatic rings. The van der Waals surface area contributed by atoms with Crippen molar-refractivity contribution in [2.75, 3.05) is 0 Å². The fourth-order valence-corrected chi connectivity index (χ4v) is 3.44. The van der Waals surface area contributed by atoms with Crippen molar-refractivity contribution < 1.29 is 0 Å². The van der Waals surface area contributed by atoms with Gasteiger partial charge in [-0.3, -0.25) is 4.79 Å². The molecule has 0 aliphatic heterocycles. The molecule has 2 heterocycles. The largest absolute Gasteiger partial charge is 0.339 e. The molecule has 4 nitrogen and oxygen atoms in total. The van der Waals surface area contributed by atoms with Gasteiger partial charge in [0.05, 0.1) is 17.3 Å². The van der Waals surface area contributed by atoms with Crippen molar-refractivity contribution in [2.45, 2.75) is 12.8 Å². The minimum Gasteiger partial charge on any atom is -0.339 e. The molecule has 4 aromatic rings. The SMILES string of the molecule is Cc1ccc2c(c1)c1c(CCl)nn(-c3ccccc3)c(=O)c1n2C. The van der Waals surface area contributed by atoms with E-state index in [1.807, 2.05) is 61.0 Å². The van der Waals surface area contributed by atoms with Crippen LogP contribution in [-0.2, 0) is 12.9 Å². The number of hydrogen-bond acceptors (Lipinski definition) is 2. The molecule has 0 amide bonds. The molecule has 0 atom stereocenters. The smallest absolute Gasteiger partial charge is 0.296 e. The van der Waals surface area contributed by atoms with Gasteiger partial charge in [-0.15, -0.1) is 11.6 Å². The molecule has 5 heteroatoms. The lowest BCUT2D eigenvalue weighted by molar-refractivity contribution is 0.789. The van der Waals surface area contributed by atoms with Crippen molar-refractivity contribution in [3.05, 3.63) is 70.1 Å². The van der Waals surface area contributed by atoms with Crippen LogP contribution in [0.5, 0.6) is 0 Å². The third kappa shape index (κ3) is 2.07. The number of alkyl halides is 1. The summed E-state index contributed by atoms with van der Waals surface area (Å²) >= 11 is 6.18. The first-order valence-corrected chi connectivity index (χ1v) is 8.27. The second kappa shape index (κ2) is 5.49. The van der Waals surface area contributed by atoms with Gasteiger partial charge in [-0.2, -0.15) is 9.78 Å². The Morgan fingerprint density at radius 3 is 2.58 bits per heavy atom. The van der Waals surface area contributed by atoms with Gasteiger partial charge >= 0.3 is 0 Å². The summed E-state index contributed by atoms with van der Waals surface area (Å²) in [5.74, 6) is 0.247. The van der Waals surface area contributed by atoms with Crippen LogP contribution in [0.3, 0.4) is 0 Å². The molecular formula is C19H16ClN3O. The minimum atomic E-state index is -0.138. The van der Waals surface area contributed by atoms with Crippen LogP contribution in [0.4, 0.5) is 0 Å². The summed E-state index contributed by atoms with van der Waals surface area (Å²) in [5.41, 5.74) is 4.09. The van der Waals surface area contributed by atoms with Crippen LogP contribution in [-0.4, -0.2) is 14.3 Å². The average molecular weight is 338 g/mol. The van der Waals surface area contributed by atoms with E-state index >= 15 is 0 Å². The summed E-state index contributed by atoms with van der Waals surface area (Å²) < 4.78 is 3.37. The number of benzene rings is 2. The maximum atomic E-state index is 13.1. The Morgan fingerprint density at radius 1 is 1.12 bits per heavy atom. The molecule has 0 saturated carbocycles. The van der Waals surface area contributed by atoms with E-state index in [0.717, 1.165) is 27.5 Å². The molecule has 2 aromatic heterocycles. The highest BCUT2D eigenvalue weighted by Crippen LogP contribution is 2.29. The van der Waals surface area contributed by atoms with Gasteiger partial charge < -0.3 is 4.57 Å². The molecule has 0 aliphatic carbocycles. The van der Waals surface area contributed by atoms with Gasteiger partial charge in [0, 0.05) is 23.3 Å². The summed E-state index contributed by atoms with van der Waals surface area (Å²) in [7, 11) is 1.91. The van der Waals surface area contributed by atoms with Crippen molar-refractivity contribution in [1.29, 1.82) is 0 Å². The summed E-state index contributed by atoms with van der Waals surface area (Å²) in [6.45, 7) is 2.04. The molecule has 2 aromatic carbocycles. The first-order chi connectivity index (χ1) is 11.6. The van der Waals surface area contributed by atoms with Crippen LogP contribution in [0.2, 0.25) is 0 Å². The van der Waals surface area contributed by atoms with Gasteiger partial charge in [0.25, 0.3) is 5.56 Å². The van der Waals surface area contributed by atoms with Crippen LogP contribution in [0, 0.1) is 6.92 Å². The fraction of sp³-hybridized carbons (Fsp3) is 0.158. The Bertz CT molecular complexity index is 1130. The maximum absolute atomic E-state index is 13.1. The van der Waals surface area contributed by atoms with Crippen LogP contribution in [0.1, 0.15) is 11.3 Å². The number of fused-ring (bicyclic) bond motifs is 3. The van der Waals surface area contributed by atoms with E-state index in [9.17, 15) is 4.79 Å². The first-order valence-electron chi connectivity index (χ1n) is 7.74. The quantitative estimate of drug-likeness (QED) is 0.520. The number of hydrogen-bond donors (Lipinski definition) is 0. The zero-order valence-corrected chi connectivity index (χ0v) is 14.2. The van der Waals surface area contributed by atoms with Gasteiger partial charge in [0.15, 0.2) is 0 Å². The van der Waals surface area contributed by atoms with Crippen molar-refractivity contribution in [3.8, 4) is 5.69 Å². The lowest BCUT2D eigenvalue weighted by Gasteiger charge is -2.08. The van der Waals surface area contributed by atoms with E-state index in [-0.39, 0.29) is 11.4 Å². The molecule has 0 bridgehead atoms. The number of aromatic nitrogens is 3. The lowest BCUT2D eigenvalue weighted by Crippen LogP contribution is -2.24. The van der Waals surface area contributed by atoms with Crippen molar-refractivity contribution >= 4 is 33.4 Å². The normalized spacial score (nSPS) is 11.5. The predicted octanol–water partition coefficient (Wildman–Crippen LogP) is 3.92. The van der Waals surface area contributed by atoms with E-state index in [2.05, 4.69) is 11.2 Å². The highest BCUT2D eigenvalue weighted by atomic mass is 35.5. The molecule has 4 rings (SSSR count). The second-order valence-electron chi connectivity index (χ2n) is 5.94. The van der Waals surface area contributed by atoms with Crippen molar-refractivity contribution in [2.24, 2.45) is 7.05 Å². The fourth-order valence-electron chi connectivity index (χ4n) is 3.26. The molecule has 24 heavy (non-hydrogen) atoms. The molecule has 0 saturated heterocycles. The molecule has 0 fully saturated rings. The summed E-state index contributed by atoms with van der Waals surface area (Å²) in [6, 6.07) is 15.6. The van der Waals surface area contributed by atoms with E-state index in [0.29, 0.717) is 11.2 Å². The van der Waals surface area contributed by atoms with Gasteiger partial charge in [0.2, 0.25) is 0 Å². The first kappa shape index (κ1) is 15.0. The predicted molar refractivity (Wildman–Crippen MR) is 98.1 cm³/mol. The molecular weight excluding hydrogens is 322 g/mol. The lowest BCUT2D eigenvalue weighted by atomic mass is 10.1. The molecule has 120 valence electrons. The third-order valence-electron chi connectivity index (χ3n) is 4.39. The zero-order valence-electron chi connectivity index (χ0n) is 13.5. The average Bonchev–Trinajstić information content (AvgIpc) is 2.89. The monoisotopic (exact) mass is 337 g/mol. The minimum absolute atomic E-state index is 0.138. The third-order valence-corrected chi connectivity index (χ3v) is 4.64. The molecule has 0 radical (unpaired) electrons. The van der Waals surface area contributed by atoms with Crippen LogP contribution < -0.4 is 5.56 Å². The maximum Gasteiger partial charge on any atom is 0.296 e. The van der Waals surface area contributed by atoms with Crippen molar-refractivity contribution in [3.63, 3.8) is 0 Å². The van der Waals surface area contributed by atoms with E-state index < -0.39 is 0 Å². The number of aryl methyl sites for hydroxylation is 2. The topological polar surface area (TPSA) is 39.8 Å². The van der Waals surface area contributed by atoms with Gasteiger partial charge in [-0.05, 0) is 31.2 Å². The summed E-state index contributed by atoms with van der Waals surface area (Å²) in [4.78, 5) is 13.1. The zero-order chi connectivity index (χ0) is 16.8. The molecule has 0 spiro atoms. The van der Waals surface area contributed by atoms with Gasteiger partial charge in [-0.25, -0.2) is 0 Å². The Labute approximate surface area is 143 Å². The van der Waals surface area contributed by atoms with E-state index in [1.54, 1.807) is 0 Å². The van der Waals surface area contributed by atoms with E-state index in [4.69, 9.17) is 11.6 Å². The highest BCUT2D eigenvalue weighted by Gasteiger charge is 2.19. The number of nitrogens with zero attached hydrogens (tertiary/aromatic N) is 3. The van der Waals surface area contributed by atoms with Gasteiger partial charge in [-0.1, -0.05) is 29.8 Å². The number of para-hydroxylation sites is 1. The van der Waals surface area contributed by atoms with Gasteiger partial charge in [0.1, 0.15) is 5.52 Å². The standard InChI is InChI=1S/C19H16ClN3O/c1-12-8-9-16-14(10-12)17-15(11-20)21-23(13-6-4-3-5-7-13)19(24)18(17)22(16)2/h3-10H,11H2,1-2H3. The summed E-state index contributed by atoms with van der Waals surface area (Å²) in [5, 5.41) is 6.41. The number of halogens is 1. The van der Waals surface area contributed by atoms with Crippen LogP contribution in [0.15, 0.2) is 53.3 Å². The Morgan fingerprint density at radius 2 is 1.88 bits per heavy atom. The highest BCUT2D eigenvalue weighted by molar-refractivity contribution is 6.19. The number of rotatable bonds is 2. The molecule has 0 unspecified atom stereocenters. The van der Waals surface area contributed by atoms with Crippen LogP contribution in [0.25, 0.3) is 27.5 Å². The van der Waals surface area contributed by atoms with Crippen molar-refractivity contribution in [1.82, 2.24) is 14.3 Å². The summed E-state index contributed by atoms with van der Waals surface area (Å²) in [6.07, 6.45) is 0. The second-order valence-corrected chi connectivity index (χ2v) is 6.20. The molecule has 0 N–H and O–H groups in total. The van der Waals surface area contributed by atoms with Crippen LogP contribution >= 0.6 is 11.6 Å². The Kier molecular flexibility index (Phi) is 3.43. The Hall–Kier alpha value is -2.59. The Balaban J connectivity index is 2.22.